The third kappa shape index (κ3) is 3.04. The average Bonchev–Trinajstić information content (AvgIpc) is 2.67. The average molecular weight is 209 g/mol. The second-order valence-electron chi connectivity index (χ2n) is 4.12. The van der Waals surface area contributed by atoms with Crippen molar-refractivity contribution in [2.45, 2.75) is 37.8 Å². The van der Waals surface area contributed by atoms with Gasteiger partial charge in [0.25, 0.3) is 0 Å². The van der Waals surface area contributed by atoms with Crippen molar-refractivity contribution < 1.29 is 4.74 Å². The Balaban J connectivity index is 1.50. The van der Waals surface area contributed by atoms with Gasteiger partial charge in [0.1, 0.15) is 5.82 Å². The molecule has 2 N–H and O–H groups in total. The topological polar surface area (TPSA) is 49.9 Å². The number of nitrogens with one attached hydrogen (secondary N) is 2. The minimum Gasteiger partial charge on any atom is -0.381 e. The predicted molar refractivity (Wildman–Crippen MR) is 58.7 cm³/mol. The normalized spacial score (nSPS) is 25.1. The van der Waals surface area contributed by atoms with Crippen LogP contribution in [0.25, 0.3) is 0 Å². The largest absolute Gasteiger partial charge is 0.381 e. The SMILES string of the molecule is COC1CC(NCCCc2ncc[nH]2)C1. The van der Waals surface area contributed by atoms with Gasteiger partial charge in [0.2, 0.25) is 0 Å². The fraction of sp³-hybridized carbons (Fsp3) is 0.727. The Hall–Kier alpha value is -0.870. The summed E-state index contributed by atoms with van der Waals surface area (Å²) in [4.78, 5) is 7.30. The van der Waals surface area contributed by atoms with E-state index >= 15 is 0 Å². The summed E-state index contributed by atoms with van der Waals surface area (Å²) in [6, 6.07) is 0.673. The van der Waals surface area contributed by atoms with Crippen LogP contribution in [0.15, 0.2) is 12.4 Å². The number of aromatic amines is 1. The summed E-state index contributed by atoms with van der Waals surface area (Å²) in [5, 5.41) is 3.52. The van der Waals surface area contributed by atoms with E-state index in [0.29, 0.717) is 12.1 Å². The molecule has 4 nitrogen and oxygen atoms in total. The monoisotopic (exact) mass is 209 g/mol. The molecule has 15 heavy (non-hydrogen) atoms. The predicted octanol–water partition coefficient (Wildman–Crippen LogP) is 1.11. The van der Waals surface area contributed by atoms with Crippen molar-refractivity contribution in [3.63, 3.8) is 0 Å². The summed E-state index contributed by atoms with van der Waals surface area (Å²) >= 11 is 0. The number of rotatable bonds is 6. The van der Waals surface area contributed by atoms with E-state index in [1.54, 1.807) is 13.3 Å². The Morgan fingerprint density at radius 3 is 3.13 bits per heavy atom. The highest BCUT2D eigenvalue weighted by atomic mass is 16.5. The van der Waals surface area contributed by atoms with Gasteiger partial charge in [0.05, 0.1) is 6.10 Å². The lowest BCUT2D eigenvalue weighted by molar-refractivity contribution is 0.0175. The van der Waals surface area contributed by atoms with Gasteiger partial charge in [-0.1, -0.05) is 0 Å². The molecule has 1 aliphatic rings. The number of imidazole rings is 1. The number of H-pyrrole nitrogens is 1. The van der Waals surface area contributed by atoms with Crippen LogP contribution in [-0.2, 0) is 11.2 Å². The van der Waals surface area contributed by atoms with E-state index in [0.717, 1.165) is 38.1 Å². The van der Waals surface area contributed by atoms with Crippen LogP contribution < -0.4 is 5.32 Å². The van der Waals surface area contributed by atoms with E-state index < -0.39 is 0 Å². The molecule has 84 valence electrons. The number of aromatic nitrogens is 2. The second kappa shape index (κ2) is 5.28. The third-order valence-corrected chi connectivity index (χ3v) is 3.01. The molecule has 1 aliphatic carbocycles. The van der Waals surface area contributed by atoms with Gasteiger partial charge in [-0.15, -0.1) is 0 Å². The zero-order valence-corrected chi connectivity index (χ0v) is 9.20. The molecular weight excluding hydrogens is 190 g/mol. The summed E-state index contributed by atoms with van der Waals surface area (Å²) in [5.41, 5.74) is 0. The summed E-state index contributed by atoms with van der Waals surface area (Å²) in [7, 11) is 1.79. The first-order chi connectivity index (χ1) is 7.38. The molecule has 0 radical (unpaired) electrons. The van der Waals surface area contributed by atoms with Crippen molar-refractivity contribution in [2.75, 3.05) is 13.7 Å². The first-order valence-electron chi connectivity index (χ1n) is 5.63. The maximum atomic E-state index is 5.23. The molecule has 0 amide bonds. The molecule has 1 aromatic rings. The molecular formula is C11H19N3O. The maximum Gasteiger partial charge on any atom is 0.106 e. The Kier molecular flexibility index (Phi) is 3.75. The van der Waals surface area contributed by atoms with Crippen LogP contribution >= 0.6 is 0 Å². The molecule has 4 heteroatoms. The van der Waals surface area contributed by atoms with Crippen LogP contribution in [0.4, 0.5) is 0 Å². The van der Waals surface area contributed by atoms with Crippen LogP contribution in [0.1, 0.15) is 25.1 Å². The van der Waals surface area contributed by atoms with E-state index in [9.17, 15) is 0 Å². The van der Waals surface area contributed by atoms with Crippen molar-refractivity contribution in [1.29, 1.82) is 0 Å². The molecule has 1 aromatic heterocycles. The van der Waals surface area contributed by atoms with Gasteiger partial charge >= 0.3 is 0 Å². The van der Waals surface area contributed by atoms with Gasteiger partial charge < -0.3 is 15.0 Å². The van der Waals surface area contributed by atoms with Gasteiger partial charge in [0.15, 0.2) is 0 Å². The molecule has 0 spiro atoms. The Morgan fingerprint density at radius 2 is 2.47 bits per heavy atom. The van der Waals surface area contributed by atoms with E-state index in [1.807, 2.05) is 6.20 Å². The first kappa shape index (κ1) is 10.6. The number of aryl methyl sites for hydroxylation is 1. The third-order valence-electron chi connectivity index (χ3n) is 3.01. The molecule has 2 rings (SSSR count). The van der Waals surface area contributed by atoms with Crippen LogP contribution in [0, 0.1) is 0 Å². The van der Waals surface area contributed by atoms with E-state index in [4.69, 9.17) is 4.74 Å². The lowest BCUT2D eigenvalue weighted by atomic mass is 9.89. The number of ether oxygens (including phenoxy) is 1. The smallest absolute Gasteiger partial charge is 0.106 e. The highest BCUT2D eigenvalue weighted by Gasteiger charge is 2.27. The molecule has 0 aromatic carbocycles. The molecule has 0 aliphatic heterocycles. The van der Waals surface area contributed by atoms with Crippen LogP contribution in [0.3, 0.4) is 0 Å². The molecule has 0 atom stereocenters. The second-order valence-corrected chi connectivity index (χ2v) is 4.12. The van der Waals surface area contributed by atoms with E-state index in [1.165, 1.54) is 0 Å². The molecule has 1 fully saturated rings. The summed E-state index contributed by atoms with van der Waals surface area (Å²) in [6.07, 6.45) is 8.67. The van der Waals surface area contributed by atoms with Crippen molar-refractivity contribution in [3.8, 4) is 0 Å². The Bertz CT molecular complexity index is 267. The summed E-state index contributed by atoms with van der Waals surface area (Å²) in [6.45, 7) is 1.07. The van der Waals surface area contributed by atoms with Gasteiger partial charge in [-0.2, -0.15) is 0 Å². The van der Waals surface area contributed by atoms with Gasteiger partial charge in [-0.25, -0.2) is 4.98 Å². The van der Waals surface area contributed by atoms with Gasteiger partial charge in [-0.3, -0.25) is 0 Å². The highest BCUT2D eigenvalue weighted by molar-refractivity contribution is 4.88. The lowest BCUT2D eigenvalue weighted by Gasteiger charge is -2.34. The molecule has 0 bridgehead atoms. The molecule has 0 saturated heterocycles. The van der Waals surface area contributed by atoms with E-state index in [2.05, 4.69) is 15.3 Å². The van der Waals surface area contributed by atoms with Crippen molar-refractivity contribution >= 4 is 0 Å². The van der Waals surface area contributed by atoms with Gasteiger partial charge in [-0.05, 0) is 25.8 Å². The minimum absolute atomic E-state index is 0.493. The number of hydrogen-bond acceptors (Lipinski definition) is 3. The summed E-state index contributed by atoms with van der Waals surface area (Å²) < 4.78 is 5.23. The Labute approximate surface area is 90.4 Å². The van der Waals surface area contributed by atoms with Crippen molar-refractivity contribution in [1.82, 2.24) is 15.3 Å². The zero-order chi connectivity index (χ0) is 10.5. The van der Waals surface area contributed by atoms with Crippen LogP contribution in [0.5, 0.6) is 0 Å². The van der Waals surface area contributed by atoms with Crippen molar-refractivity contribution in [3.05, 3.63) is 18.2 Å². The quantitative estimate of drug-likeness (QED) is 0.690. The number of hydrogen-bond donors (Lipinski definition) is 2. The highest BCUT2D eigenvalue weighted by Crippen LogP contribution is 2.22. The molecule has 1 heterocycles. The standard InChI is InChI=1S/C11H19N3O/c1-15-10-7-9(8-10)12-4-2-3-11-13-5-6-14-11/h5-6,9-10,12H,2-4,7-8H2,1H3,(H,13,14). The van der Waals surface area contributed by atoms with Crippen LogP contribution in [-0.4, -0.2) is 35.8 Å². The number of nitrogens with zero attached hydrogens (tertiary/aromatic N) is 1. The molecule has 1 saturated carbocycles. The van der Waals surface area contributed by atoms with E-state index in [-0.39, 0.29) is 0 Å². The molecule has 0 unspecified atom stereocenters. The zero-order valence-electron chi connectivity index (χ0n) is 9.20. The van der Waals surface area contributed by atoms with Crippen LogP contribution in [0.2, 0.25) is 0 Å². The van der Waals surface area contributed by atoms with Gasteiger partial charge in [0, 0.05) is 32.0 Å². The fourth-order valence-electron chi connectivity index (χ4n) is 1.92. The Morgan fingerprint density at radius 1 is 1.60 bits per heavy atom. The number of methoxy groups -OCH3 is 1. The van der Waals surface area contributed by atoms with Crippen molar-refractivity contribution in [2.24, 2.45) is 0 Å². The minimum atomic E-state index is 0.493. The fourth-order valence-corrected chi connectivity index (χ4v) is 1.92. The lowest BCUT2D eigenvalue weighted by Crippen LogP contribution is -2.45. The summed E-state index contributed by atoms with van der Waals surface area (Å²) in [5.74, 6) is 1.08. The maximum absolute atomic E-state index is 5.23. The first-order valence-corrected chi connectivity index (χ1v) is 5.63.